The molecular weight excluding hydrogens is 404 g/mol. The molecule has 0 atom stereocenters. The fourth-order valence-electron chi connectivity index (χ4n) is 3.06. The second kappa shape index (κ2) is 8.12. The minimum absolute atomic E-state index is 0.0668. The third-order valence-corrected chi connectivity index (χ3v) is 6.93. The van der Waals surface area contributed by atoms with E-state index in [9.17, 15) is 13.2 Å². The second-order valence-electron chi connectivity index (χ2n) is 6.43. The Morgan fingerprint density at radius 2 is 1.85 bits per heavy atom. The van der Waals surface area contributed by atoms with Crippen molar-refractivity contribution in [3.05, 3.63) is 52.5 Å². The van der Waals surface area contributed by atoms with Gasteiger partial charge in [0.25, 0.3) is 15.9 Å². The molecule has 0 aromatic heterocycles. The number of aryl methyl sites for hydroxylation is 1. The summed E-state index contributed by atoms with van der Waals surface area (Å²) in [5.41, 5.74) is 1.61. The quantitative estimate of drug-likeness (QED) is 0.722. The number of hydrogen-bond donors (Lipinski definition) is 1. The fraction of sp³-hybridized carbons (Fsp3) is 0.316. The number of sulfonamides is 1. The van der Waals surface area contributed by atoms with E-state index in [-0.39, 0.29) is 10.8 Å². The van der Waals surface area contributed by atoms with Crippen LogP contribution in [0.4, 0.5) is 5.69 Å². The van der Waals surface area contributed by atoms with Crippen LogP contribution in [0.1, 0.15) is 28.8 Å². The first kappa shape index (κ1) is 20.0. The van der Waals surface area contributed by atoms with E-state index in [1.807, 2.05) is 6.26 Å². The monoisotopic (exact) mass is 424 g/mol. The van der Waals surface area contributed by atoms with E-state index in [4.69, 9.17) is 11.6 Å². The van der Waals surface area contributed by atoms with E-state index in [2.05, 4.69) is 4.72 Å². The average Bonchev–Trinajstić information content (AvgIpc) is 3.17. The lowest BCUT2D eigenvalue weighted by Crippen LogP contribution is -2.28. The van der Waals surface area contributed by atoms with Gasteiger partial charge in [0.15, 0.2) is 0 Å². The van der Waals surface area contributed by atoms with Gasteiger partial charge in [0.2, 0.25) is 0 Å². The first-order valence-corrected chi connectivity index (χ1v) is 11.7. The van der Waals surface area contributed by atoms with Gasteiger partial charge >= 0.3 is 0 Å². The summed E-state index contributed by atoms with van der Waals surface area (Å²) in [5.74, 6) is -0.114. The summed E-state index contributed by atoms with van der Waals surface area (Å²) in [5, 5.41) is 0.540. The molecule has 1 amide bonds. The number of likely N-dealkylation sites (tertiary alicyclic amines) is 1. The van der Waals surface area contributed by atoms with Gasteiger partial charge in [0.1, 0.15) is 0 Å². The molecule has 144 valence electrons. The summed E-state index contributed by atoms with van der Waals surface area (Å²) in [6.07, 6.45) is 3.84. The van der Waals surface area contributed by atoms with Crippen molar-refractivity contribution >= 4 is 45.0 Å². The fourth-order valence-corrected chi connectivity index (χ4v) is 5.01. The van der Waals surface area contributed by atoms with Crippen LogP contribution in [0.5, 0.6) is 0 Å². The standard InChI is InChI=1S/C19H21ClN2O3S2/c1-13-11-14(20)5-7-17(13)21-27(24,25)15-6-8-18(26-2)16(12-15)19(23)22-9-3-4-10-22/h5-8,11-12,21H,3-4,9-10H2,1-2H3. The van der Waals surface area contributed by atoms with Crippen LogP contribution >= 0.6 is 23.4 Å². The molecule has 0 bridgehead atoms. The molecular formula is C19H21ClN2O3S2. The summed E-state index contributed by atoms with van der Waals surface area (Å²) in [6.45, 7) is 3.21. The van der Waals surface area contributed by atoms with E-state index < -0.39 is 10.0 Å². The highest BCUT2D eigenvalue weighted by molar-refractivity contribution is 7.98. The van der Waals surface area contributed by atoms with Crippen LogP contribution in [-0.4, -0.2) is 38.6 Å². The molecule has 0 aliphatic carbocycles. The van der Waals surface area contributed by atoms with Crippen molar-refractivity contribution in [3.63, 3.8) is 0 Å². The van der Waals surface area contributed by atoms with Crippen LogP contribution in [-0.2, 0) is 10.0 Å². The van der Waals surface area contributed by atoms with Crippen molar-refractivity contribution in [2.75, 3.05) is 24.1 Å². The lowest BCUT2D eigenvalue weighted by Gasteiger charge is -2.18. The van der Waals surface area contributed by atoms with Crippen LogP contribution in [0.15, 0.2) is 46.2 Å². The number of thioether (sulfide) groups is 1. The van der Waals surface area contributed by atoms with Crippen molar-refractivity contribution in [1.29, 1.82) is 0 Å². The van der Waals surface area contributed by atoms with Gasteiger partial charge in [-0.3, -0.25) is 9.52 Å². The van der Waals surface area contributed by atoms with Gasteiger partial charge in [0.05, 0.1) is 16.1 Å². The molecule has 1 aliphatic rings. The number of anilines is 1. The molecule has 3 rings (SSSR count). The summed E-state index contributed by atoms with van der Waals surface area (Å²) in [6, 6.07) is 9.64. The SMILES string of the molecule is CSc1ccc(S(=O)(=O)Nc2ccc(Cl)cc2C)cc1C(=O)N1CCCC1. The first-order chi connectivity index (χ1) is 12.8. The number of halogens is 1. The summed E-state index contributed by atoms with van der Waals surface area (Å²) < 4.78 is 28.3. The van der Waals surface area contributed by atoms with Gasteiger partial charge in [-0.1, -0.05) is 11.6 Å². The number of carbonyl (C=O) groups is 1. The minimum atomic E-state index is -3.83. The highest BCUT2D eigenvalue weighted by atomic mass is 35.5. The molecule has 0 unspecified atom stereocenters. The predicted octanol–water partition coefficient (Wildman–Crippen LogP) is 4.41. The van der Waals surface area contributed by atoms with Crippen molar-refractivity contribution in [3.8, 4) is 0 Å². The van der Waals surface area contributed by atoms with Gasteiger partial charge in [-0.05, 0) is 68.0 Å². The Balaban J connectivity index is 1.95. The van der Waals surface area contributed by atoms with E-state index >= 15 is 0 Å². The molecule has 2 aromatic carbocycles. The summed E-state index contributed by atoms with van der Waals surface area (Å²) in [7, 11) is -3.83. The summed E-state index contributed by atoms with van der Waals surface area (Å²) >= 11 is 7.37. The minimum Gasteiger partial charge on any atom is -0.339 e. The van der Waals surface area contributed by atoms with Gasteiger partial charge in [-0.2, -0.15) is 0 Å². The molecule has 2 aromatic rings. The van der Waals surface area contributed by atoms with Gasteiger partial charge in [-0.25, -0.2) is 8.42 Å². The number of nitrogens with zero attached hydrogens (tertiary/aromatic N) is 1. The Morgan fingerprint density at radius 3 is 2.48 bits per heavy atom. The first-order valence-electron chi connectivity index (χ1n) is 8.58. The third-order valence-electron chi connectivity index (χ3n) is 4.54. The Bertz CT molecular complexity index is 971. The molecule has 0 saturated carbocycles. The largest absolute Gasteiger partial charge is 0.339 e. The number of carbonyl (C=O) groups excluding carboxylic acids is 1. The maximum atomic E-state index is 12.9. The van der Waals surface area contributed by atoms with Crippen molar-refractivity contribution in [1.82, 2.24) is 4.90 Å². The summed E-state index contributed by atoms with van der Waals surface area (Å²) in [4.78, 5) is 15.5. The Kier molecular flexibility index (Phi) is 6.03. The normalized spacial score (nSPS) is 14.4. The van der Waals surface area contributed by atoms with E-state index in [0.29, 0.717) is 29.4 Å². The zero-order valence-corrected chi connectivity index (χ0v) is 17.5. The number of benzene rings is 2. The average molecular weight is 425 g/mol. The van der Waals surface area contributed by atoms with Gasteiger partial charge in [0, 0.05) is 23.0 Å². The third kappa shape index (κ3) is 4.42. The molecule has 1 saturated heterocycles. The van der Waals surface area contributed by atoms with E-state index in [1.165, 1.54) is 23.9 Å². The van der Waals surface area contributed by atoms with Crippen LogP contribution < -0.4 is 4.72 Å². The molecule has 1 fully saturated rings. The number of amides is 1. The van der Waals surface area contributed by atoms with Crippen LogP contribution in [0.3, 0.4) is 0 Å². The number of hydrogen-bond acceptors (Lipinski definition) is 4. The second-order valence-corrected chi connectivity index (χ2v) is 9.39. The van der Waals surface area contributed by atoms with E-state index in [1.54, 1.807) is 36.1 Å². The Hall–Kier alpha value is -1.70. The molecule has 1 N–H and O–H groups in total. The topological polar surface area (TPSA) is 66.5 Å². The molecule has 0 spiro atoms. The molecule has 1 heterocycles. The van der Waals surface area contributed by atoms with Crippen LogP contribution in [0.2, 0.25) is 5.02 Å². The molecule has 5 nitrogen and oxygen atoms in total. The lowest BCUT2D eigenvalue weighted by atomic mass is 10.2. The Labute approximate surface area is 169 Å². The van der Waals surface area contributed by atoms with Crippen LogP contribution in [0, 0.1) is 6.92 Å². The molecule has 1 aliphatic heterocycles. The van der Waals surface area contributed by atoms with Gasteiger partial charge < -0.3 is 4.90 Å². The zero-order valence-electron chi connectivity index (χ0n) is 15.2. The van der Waals surface area contributed by atoms with Crippen LogP contribution in [0.25, 0.3) is 0 Å². The molecule has 27 heavy (non-hydrogen) atoms. The highest BCUT2D eigenvalue weighted by Gasteiger charge is 2.24. The molecule has 8 heteroatoms. The Morgan fingerprint density at radius 1 is 1.15 bits per heavy atom. The van der Waals surface area contributed by atoms with Gasteiger partial charge in [-0.15, -0.1) is 11.8 Å². The predicted molar refractivity (Wildman–Crippen MR) is 110 cm³/mol. The lowest BCUT2D eigenvalue weighted by molar-refractivity contribution is 0.0789. The van der Waals surface area contributed by atoms with Crippen molar-refractivity contribution in [2.45, 2.75) is 29.6 Å². The highest BCUT2D eigenvalue weighted by Crippen LogP contribution is 2.28. The number of rotatable bonds is 5. The van der Waals surface area contributed by atoms with E-state index in [0.717, 1.165) is 23.3 Å². The zero-order chi connectivity index (χ0) is 19.6. The maximum absolute atomic E-state index is 12.9. The maximum Gasteiger partial charge on any atom is 0.261 e. The number of nitrogens with one attached hydrogen (secondary N) is 1. The van der Waals surface area contributed by atoms with Crippen molar-refractivity contribution < 1.29 is 13.2 Å². The smallest absolute Gasteiger partial charge is 0.261 e. The molecule has 0 radical (unpaired) electrons. The van der Waals surface area contributed by atoms with Crippen molar-refractivity contribution in [2.24, 2.45) is 0 Å².